The lowest BCUT2D eigenvalue weighted by molar-refractivity contribution is -0.182. The van der Waals surface area contributed by atoms with Gasteiger partial charge in [-0.05, 0) is 57.2 Å². The molecule has 4 rings (SSSR count). The maximum absolute atomic E-state index is 13.1. The van der Waals surface area contributed by atoms with Gasteiger partial charge in [-0.15, -0.1) is 0 Å². The van der Waals surface area contributed by atoms with Crippen LogP contribution in [-0.4, -0.2) is 63.7 Å². The smallest absolute Gasteiger partial charge is 0.391 e. The van der Waals surface area contributed by atoms with Crippen molar-refractivity contribution in [1.82, 2.24) is 25.6 Å². The van der Waals surface area contributed by atoms with E-state index in [2.05, 4.69) is 30.9 Å². The number of alkyl halides is 5. The average molecular weight is 681 g/mol. The Hall–Kier alpha value is -3.43. The highest BCUT2D eigenvalue weighted by molar-refractivity contribution is 6.39. The average Bonchev–Trinajstić information content (AvgIpc) is 3.38. The molecule has 0 radical (unpaired) electrons. The second-order valence-electron chi connectivity index (χ2n) is 11.3. The minimum absolute atomic E-state index is 0.00843. The summed E-state index contributed by atoms with van der Waals surface area (Å²) in [4.78, 5) is 36.8. The third-order valence-electron chi connectivity index (χ3n) is 7.42. The molecule has 1 fully saturated rings. The third-order valence-corrected chi connectivity index (χ3v) is 8.16. The standard InChI is InChI=1S/C28H31Cl2F5N6O4/c1-27(2,12-42)25(44)36-10-13-3-8-17(29)21(20(13)30)39-26-38-18-9-16(24(40-22(18)41-26)45-11-19(31)32)23(43)37-15-6-4-14(5-7-15)28(33,34)35/h3,8-9,14-15,19,42H,4-7,10-12H2,1-2H3,(H,36,44)(H,37,43)(H2,38,39,40,41)/t14-,15-. The summed E-state index contributed by atoms with van der Waals surface area (Å²) in [5.74, 6) is -2.95. The molecule has 0 atom stereocenters. The first-order chi connectivity index (χ1) is 21.1. The molecule has 1 aliphatic carbocycles. The number of benzene rings is 1. The van der Waals surface area contributed by atoms with E-state index in [1.54, 1.807) is 19.9 Å². The van der Waals surface area contributed by atoms with Crippen LogP contribution >= 0.6 is 23.2 Å². The molecule has 2 amide bonds. The third kappa shape index (κ3) is 8.44. The molecule has 0 spiro atoms. The van der Waals surface area contributed by atoms with E-state index in [1.165, 1.54) is 12.1 Å². The van der Waals surface area contributed by atoms with Crippen LogP contribution in [0.2, 0.25) is 10.0 Å². The van der Waals surface area contributed by atoms with Gasteiger partial charge in [-0.1, -0.05) is 29.3 Å². The van der Waals surface area contributed by atoms with Gasteiger partial charge in [0.2, 0.25) is 17.7 Å². The second-order valence-corrected chi connectivity index (χ2v) is 12.1. The number of hydrogen-bond acceptors (Lipinski definition) is 7. The number of imidazole rings is 1. The SMILES string of the molecule is CC(C)(CO)C(=O)NCc1ccc(Cl)c(Nc2nc3nc(OCC(F)F)c(C(=O)N[C@H]4CC[C@H](C(F)(F)F)CC4)cc3[nH]2)c1Cl. The summed E-state index contributed by atoms with van der Waals surface area (Å²) in [6.45, 7) is 1.76. The Labute approximate surface area is 264 Å². The summed E-state index contributed by atoms with van der Waals surface area (Å²) >= 11 is 12.9. The first kappa shape index (κ1) is 34.4. The zero-order chi connectivity index (χ0) is 33.1. The van der Waals surface area contributed by atoms with Crippen molar-refractivity contribution in [2.24, 2.45) is 11.3 Å². The summed E-state index contributed by atoms with van der Waals surface area (Å²) in [5, 5.41) is 18.0. The van der Waals surface area contributed by atoms with E-state index in [4.69, 9.17) is 27.9 Å². The number of aliphatic hydroxyl groups excluding tert-OH is 1. The summed E-state index contributed by atoms with van der Waals surface area (Å²) in [6.07, 6.45) is -7.27. The van der Waals surface area contributed by atoms with Crippen molar-refractivity contribution in [2.45, 2.75) is 64.7 Å². The minimum atomic E-state index is -4.31. The molecule has 1 aliphatic rings. The van der Waals surface area contributed by atoms with Crippen molar-refractivity contribution in [3.05, 3.63) is 39.4 Å². The van der Waals surface area contributed by atoms with Crippen molar-refractivity contribution in [3.8, 4) is 5.88 Å². The Morgan fingerprint density at radius 2 is 1.82 bits per heavy atom. The molecule has 2 heterocycles. The number of H-pyrrole nitrogens is 1. The van der Waals surface area contributed by atoms with Gasteiger partial charge >= 0.3 is 6.18 Å². The number of rotatable bonds is 11. The highest BCUT2D eigenvalue weighted by atomic mass is 35.5. The van der Waals surface area contributed by atoms with Crippen LogP contribution in [0.5, 0.6) is 5.88 Å². The fourth-order valence-corrected chi connectivity index (χ4v) is 5.21. The van der Waals surface area contributed by atoms with E-state index in [0.29, 0.717) is 5.56 Å². The van der Waals surface area contributed by atoms with E-state index in [1.807, 2.05) is 0 Å². The first-order valence-electron chi connectivity index (χ1n) is 13.9. The quantitative estimate of drug-likeness (QED) is 0.153. The molecule has 17 heteroatoms. The van der Waals surface area contributed by atoms with Gasteiger partial charge in [0.15, 0.2) is 12.3 Å². The number of amides is 2. The van der Waals surface area contributed by atoms with Crippen molar-refractivity contribution in [1.29, 1.82) is 0 Å². The molecule has 0 unspecified atom stereocenters. The van der Waals surface area contributed by atoms with Crippen molar-refractivity contribution in [3.63, 3.8) is 0 Å². The second kappa shape index (κ2) is 13.9. The summed E-state index contributed by atoms with van der Waals surface area (Å²) in [6, 6.07) is 3.88. The van der Waals surface area contributed by atoms with Gasteiger partial charge in [0.1, 0.15) is 5.56 Å². The zero-order valence-corrected chi connectivity index (χ0v) is 25.6. The van der Waals surface area contributed by atoms with E-state index in [9.17, 15) is 36.6 Å². The number of pyridine rings is 1. The number of hydrogen-bond donors (Lipinski definition) is 5. The Morgan fingerprint density at radius 1 is 1.13 bits per heavy atom. The van der Waals surface area contributed by atoms with Crippen molar-refractivity contribution in [2.75, 3.05) is 18.5 Å². The molecule has 10 nitrogen and oxygen atoms in total. The Kier molecular flexibility index (Phi) is 10.6. The molecule has 0 saturated heterocycles. The Balaban J connectivity index is 1.56. The van der Waals surface area contributed by atoms with E-state index in [-0.39, 0.29) is 77.2 Å². The number of halogens is 7. The van der Waals surface area contributed by atoms with Gasteiger partial charge in [0.25, 0.3) is 12.3 Å². The lowest BCUT2D eigenvalue weighted by Gasteiger charge is -2.30. The lowest BCUT2D eigenvalue weighted by Crippen LogP contribution is -2.40. The lowest BCUT2D eigenvalue weighted by atomic mass is 9.85. The Bertz CT molecular complexity index is 1540. The highest BCUT2D eigenvalue weighted by Gasteiger charge is 2.41. The van der Waals surface area contributed by atoms with Crippen LogP contribution in [-0.2, 0) is 11.3 Å². The zero-order valence-electron chi connectivity index (χ0n) is 24.1. The van der Waals surface area contributed by atoms with Crippen LogP contribution < -0.4 is 20.7 Å². The van der Waals surface area contributed by atoms with Crippen LogP contribution in [0.15, 0.2) is 18.2 Å². The van der Waals surface area contributed by atoms with Crippen molar-refractivity contribution < 1.29 is 41.4 Å². The summed E-state index contributed by atoms with van der Waals surface area (Å²) in [7, 11) is 0. The van der Waals surface area contributed by atoms with Crippen molar-refractivity contribution >= 4 is 57.8 Å². The predicted molar refractivity (Wildman–Crippen MR) is 157 cm³/mol. The summed E-state index contributed by atoms with van der Waals surface area (Å²) in [5.41, 5.74) is -0.323. The maximum atomic E-state index is 13.1. The molecular formula is C28H31Cl2F5N6O4. The van der Waals surface area contributed by atoms with Gasteiger partial charge in [-0.25, -0.2) is 8.78 Å². The fourth-order valence-electron chi connectivity index (χ4n) is 4.68. The van der Waals surface area contributed by atoms with Crippen LogP contribution in [0.3, 0.4) is 0 Å². The molecule has 3 aromatic rings. The van der Waals surface area contributed by atoms with Gasteiger partial charge in [-0.2, -0.15) is 23.1 Å². The molecule has 5 N–H and O–H groups in total. The fraction of sp³-hybridized carbons (Fsp3) is 0.500. The van der Waals surface area contributed by atoms with Crippen LogP contribution in [0.4, 0.5) is 33.6 Å². The molecule has 0 aliphatic heterocycles. The number of nitrogens with one attached hydrogen (secondary N) is 4. The maximum Gasteiger partial charge on any atom is 0.391 e. The molecular weight excluding hydrogens is 650 g/mol. The number of aliphatic hydroxyl groups is 1. The highest BCUT2D eigenvalue weighted by Crippen LogP contribution is 2.38. The number of anilines is 2. The number of fused-ring (bicyclic) bond motifs is 1. The van der Waals surface area contributed by atoms with Gasteiger partial charge < -0.3 is 30.8 Å². The first-order valence-corrected chi connectivity index (χ1v) is 14.7. The normalized spacial score (nSPS) is 17.4. The molecule has 45 heavy (non-hydrogen) atoms. The number of carbonyl (C=O) groups excluding carboxylic acids is 2. The molecule has 1 aromatic carbocycles. The van der Waals surface area contributed by atoms with Crippen LogP contribution in [0.25, 0.3) is 11.2 Å². The van der Waals surface area contributed by atoms with Crippen LogP contribution in [0.1, 0.15) is 55.5 Å². The van der Waals surface area contributed by atoms with Gasteiger partial charge in [0, 0.05) is 12.6 Å². The van der Waals surface area contributed by atoms with Gasteiger partial charge in [-0.3, -0.25) is 9.59 Å². The monoisotopic (exact) mass is 680 g/mol. The van der Waals surface area contributed by atoms with E-state index in [0.717, 1.165) is 0 Å². The minimum Gasteiger partial charge on any atom is -0.471 e. The molecule has 1 saturated carbocycles. The number of nitrogens with zero attached hydrogens (tertiary/aromatic N) is 2. The number of carbonyl (C=O) groups is 2. The molecule has 246 valence electrons. The number of ether oxygens (including phenoxy) is 1. The number of aromatic nitrogens is 3. The van der Waals surface area contributed by atoms with Gasteiger partial charge in [0.05, 0.1) is 39.2 Å². The largest absolute Gasteiger partial charge is 0.471 e. The van der Waals surface area contributed by atoms with E-state index >= 15 is 0 Å². The number of aromatic amines is 1. The predicted octanol–water partition coefficient (Wildman–Crippen LogP) is 6.14. The molecule has 0 bridgehead atoms. The van der Waals surface area contributed by atoms with E-state index < -0.39 is 54.3 Å². The topological polar surface area (TPSA) is 141 Å². The molecule has 2 aromatic heterocycles. The van der Waals surface area contributed by atoms with Crippen LogP contribution in [0, 0.1) is 11.3 Å². The Morgan fingerprint density at radius 3 is 2.44 bits per heavy atom. The summed E-state index contributed by atoms with van der Waals surface area (Å²) < 4.78 is 70.2.